The number of benzene rings is 2. The number of alkyl halides is 3. The average molecular weight is 600 g/mol. The molecule has 0 unspecified atom stereocenters. The molecule has 1 fully saturated rings. The van der Waals surface area contributed by atoms with Crippen molar-refractivity contribution >= 4 is 27.5 Å². The van der Waals surface area contributed by atoms with Crippen LogP contribution >= 0.6 is 11.6 Å². The van der Waals surface area contributed by atoms with E-state index in [-0.39, 0.29) is 10.5 Å². The molecule has 11 heteroatoms. The molecule has 220 valence electrons. The Hall–Kier alpha value is -2.14. The van der Waals surface area contributed by atoms with Crippen molar-refractivity contribution in [3.05, 3.63) is 63.2 Å². The molecule has 40 heavy (non-hydrogen) atoms. The molecule has 1 saturated heterocycles. The highest BCUT2D eigenvalue weighted by Gasteiger charge is 2.44. The Balaban J connectivity index is 1.45. The van der Waals surface area contributed by atoms with E-state index >= 15 is 0 Å². The number of nitrogens with zero attached hydrogens (tertiary/aromatic N) is 1. The van der Waals surface area contributed by atoms with E-state index in [0.29, 0.717) is 17.0 Å². The van der Waals surface area contributed by atoms with Gasteiger partial charge < -0.3 is 5.32 Å². The highest BCUT2D eigenvalue weighted by Crippen LogP contribution is 2.32. The second kappa shape index (κ2) is 12.8. The molecule has 0 saturated carbocycles. The molecule has 6 nitrogen and oxygen atoms in total. The van der Waals surface area contributed by atoms with Gasteiger partial charge in [0.2, 0.25) is 15.9 Å². The minimum absolute atomic E-state index is 0.211. The van der Waals surface area contributed by atoms with Gasteiger partial charge in [-0.15, -0.1) is 0 Å². The van der Waals surface area contributed by atoms with E-state index in [0.717, 1.165) is 43.6 Å². The van der Waals surface area contributed by atoms with Gasteiger partial charge in [0, 0.05) is 11.6 Å². The highest BCUT2D eigenvalue weighted by molar-refractivity contribution is 7.89. The van der Waals surface area contributed by atoms with Crippen LogP contribution in [0.25, 0.3) is 0 Å². The van der Waals surface area contributed by atoms with Gasteiger partial charge in [-0.25, -0.2) is 8.42 Å². The van der Waals surface area contributed by atoms with Crippen LogP contribution in [0.15, 0.2) is 35.2 Å². The monoisotopic (exact) mass is 599 g/mol. The first kappa shape index (κ1) is 30.8. The molecule has 0 spiro atoms. The van der Waals surface area contributed by atoms with Crippen LogP contribution in [-0.4, -0.2) is 44.5 Å². The average Bonchev–Trinajstić information content (AvgIpc) is 3.14. The third-order valence-corrected chi connectivity index (χ3v) is 9.81. The fourth-order valence-corrected chi connectivity index (χ4v) is 7.38. The van der Waals surface area contributed by atoms with Crippen molar-refractivity contribution in [2.24, 2.45) is 0 Å². The maximum absolute atomic E-state index is 13.9. The minimum Gasteiger partial charge on any atom is -0.349 e. The number of sulfonamides is 1. The second-order valence-electron chi connectivity index (χ2n) is 11.0. The Kier molecular flexibility index (Phi) is 9.86. The van der Waals surface area contributed by atoms with Crippen molar-refractivity contribution in [2.45, 2.75) is 94.9 Å². The summed E-state index contributed by atoms with van der Waals surface area (Å²) < 4.78 is 69.3. The lowest BCUT2D eigenvalue weighted by Crippen LogP contribution is -2.48. The quantitative estimate of drug-likeness (QED) is 0.383. The van der Waals surface area contributed by atoms with Crippen LogP contribution in [0.4, 0.5) is 13.2 Å². The number of nitrogens with one attached hydrogen (secondary N) is 2. The van der Waals surface area contributed by atoms with Crippen molar-refractivity contribution in [3.63, 3.8) is 0 Å². The molecule has 2 aliphatic rings. The van der Waals surface area contributed by atoms with Crippen LogP contribution in [0.5, 0.6) is 0 Å². The van der Waals surface area contributed by atoms with Gasteiger partial charge in [0.1, 0.15) is 6.04 Å². The van der Waals surface area contributed by atoms with Crippen molar-refractivity contribution in [1.29, 1.82) is 0 Å². The summed E-state index contributed by atoms with van der Waals surface area (Å²) >= 11 is 6.02. The summed E-state index contributed by atoms with van der Waals surface area (Å²) in [6.07, 6.45) is 1.16. The molecule has 2 aromatic rings. The van der Waals surface area contributed by atoms with Crippen molar-refractivity contribution < 1.29 is 26.4 Å². The SMILES string of the molecule is Cc1cc(S(=O)(=O)N[C@@H](CC(=O)N[C@@H]2CCCc3cc(CN4CCCCCC4)ccc32)C(F)(F)F)c(C)cc1Cl. The number of aryl methyl sites for hydroxylation is 3. The van der Waals surface area contributed by atoms with Gasteiger partial charge in [0.05, 0.1) is 17.4 Å². The largest absolute Gasteiger partial charge is 0.405 e. The molecule has 0 bridgehead atoms. The molecule has 1 aliphatic heterocycles. The third kappa shape index (κ3) is 7.78. The first-order chi connectivity index (χ1) is 18.8. The molecular formula is C29H37ClF3N3O3S. The number of carbonyl (C=O) groups excluding carboxylic acids is 1. The summed E-state index contributed by atoms with van der Waals surface area (Å²) in [4.78, 5) is 15.0. The Morgan fingerprint density at radius 1 is 1.05 bits per heavy atom. The summed E-state index contributed by atoms with van der Waals surface area (Å²) in [7, 11) is -4.57. The number of halogens is 4. The third-order valence-electron chi connectivity index (χ3n) is 7.79. The van der Waals surface area contributed by atoms with Gasteiger partial charge in [0.25, 0.3) is 0 Å². The van der Waals surface area contributed by atoms with Gasteiger partial charge in [-0.3, -0.25) is 9.69 Å². The number of rotatable bonds is 8. The number of amides is 1. The Labute approximate surface area is 239 Å². The molecule has 1 aliphatic carbocycles. The first-order valence-electron chi connectivity index (χ1n) is 13.8. The summed E-state index contributed by atoms with van der Waals surface area (Å²) in [6.45, 7) is 6.04. The lowest BCUT2D eigenvalue weighted by Gasteiger charge is -2.29. The topological polar surface area (TPSA) is 78.5 Å². The molecule has 2 aromatic carbocycles. The lowest BCUT2D eigenvalue weighted by atomic mass is 9.86. The highest BCUT2D eigenvalue weighted by atomic mass is 35.5. The van der Waals surface area contributed by atoms with E-state index < -0.39 is 40.6 Å². The van der Waals surface area contributed by atoms with E-state index in [4.69, 9.17) is 11.6 Å². The van der Waals surface area contributed by atoms with Crippen molar-refractivity contribution in [2.75, 3.05) is 13.1 Å². The first-order valence-corrected chi connectivity index (χ1v) is 15.7. The Bertz CT molecular complexity index is 1330. The van der Waals surface area contributed by atoms with Gasteiger partial charge in [-0.2, -0.15) is 17.9 Å². The van der Waals surface area contributed by atoms with E-state index in [1.807, 2.05) is 12.1 Å². The predicted octanol–water partition coefficient (Wildman–Crippen LogP) is 6.13. The minimum atomic E-state index is -4.97. The zero-order valence-electron chi connectivity index (χ0n) is 22.9. The number of fused-ring (bicyclic) bond motifs is 1. The number of likely N-dealkylation sites (tertiary alicyclic amines) is 1. The molecule has 1 amide bonds. The molecule has 0 aromatic heterocycles. The number of hydrogen-bond acceptors (Lipinski definition) is 4. The molecule has 4 rings (SSSR count). The van der Waals surface area contributed by atoms with Gasteiger partial charge in [-0.05, 0) is 99.0 Å². The van der Waals surface area contributed by atoms with Gasteiger partial charge in [-0.1, -0.05) is 42.6 Å². The fourth-order valence-electron chi connectivity index (χ4n) is 5.63. The zero-order chi connectivity index (χ0) is 29.1. The summed E-state index contributed by atoms with van der Waals surface area (Å²) in [5.74, 6) is -0.861. The van der Waals surface area contributed by atoms with Gasteiger partial charge in [0.15, 0.2) is 0 Å². The van der Waals surface area contributed by atoms with Crippen LogP contribution in [0, 0.1) is 13.8 Å². The van der Waals surface area contributed by atoms with E-state index in [9.17, 15) is 26.4 Å². The zero-order valence-corrected chi connectivity index (χ0v) is 24.5. The Morgan fingerprint density at radius 2 is 1.75 bits per heavy atom. The number of carbonyl (C=O) groups is 1. The lowest BCUT2D eigenvalue weighted by molar-refractivity contribution is -0.158. The van der Waals surface area contributed by atoms with Crippen LogP contribution < -0.4 is 10.0 Å². The molecule has 2 atom stereocenters. The summed E-state index contributed by atoms with van der Waals surface area (Å²) in [5.41, 5.74) is 3.84. The van der Waals surface area contributed by atoms with Gasteiger partial charge >= 0.3 is 6.18 Å². The molecular weight excluding hydrogens is 563 g/mol. The number of hydrogen-bond donors (Lipinski definition) is 2. The predicted molar refractivity (Wildman–Crippen MR) is 150 cm³/mol. The van der Waals surface area contributed by atoms with E-state index in [2.05, 4.69) is 16.3 Å². The van der Waals surface area contributed by atoms with Crippen LogP contribution in [-0.2, 0) is 27.8 Å². The van der Waals surface area contributed by atoms with Crippen molar-refractivity contribution in [1.82, 2.24) is 14.9 Å². The van der Waals surface area contributed by atoms with Crippen LogP contribution in [0.1, 0.15) is 78.8 Å². The maximum Gasteiger partial charge on any atom is 0.405 e. The normalized spacial score (nSPS) is 19.5. The van der Waals surface area contributed by atoms with E-state index in [1.54, 1.807) is 11.6 Å². The fraction of sp³-hybridized carbons (Fsp3) is 0.552. The molecule has 1 heterocycles. The summed E-state index contributed by atoms with van der Waals surface area (Å²) in [6, 6.07) is 5.79. The van der Waals surface area contributed by atoms with Crippen molar-refractivity contribution in [3.8, 4) is 0 Å². The van der Waals surface area contributed by atoms with E-state index in [1.165, 1.54) is 50.3 Å². The maximum atomic E-state index is 13.9. The van der Waals surface area contributed by atoms with Crippen LogP contribution in [0.2, 0.25) is 5.02 Å². The molecule has 0 radical (unpaired) electrons. The Morgan fingerprint density at radius 3 is 2.42 bits per heavy atom. The second-order valence-corrected chi connectivity index (χ2v) is 13.1. The summed E-state index contributed by atoms with van der Waals surface area (Å²) in [5, 5.41) is 3.05. The standard InChI is InChI=1S/C29H37ClF3N3O3S/c1-19-15-26(20(2)14-24(19)30)40(38,39)35-27(29(31,32)33)17-28(37)34-25-9-7-8-22-16-21(10-11-23(22)25)18-36-12-5-3-4-6-13-36/h10-11,14-16,25,27,35H,3-9,12-13,17-18H2,1-2H3,(H,34,37)/t25-,27+/m1/s1. The molecule has 2 N–H and O–H groups in total. The smallest absolute Gasteiger partial charge is 0.349 e. The van der Waals surface area contributed by atoms with Crippen LogP contribution in [0.3, 0.4) is 0 Å².